The number of imidazole rings is 1. The van der Waals surface area contributed by atoms with Gasteiger partial charge >= 0.3 is 0 Å². The number of para-hydroxylation sites is 2. The summed E-state index contributed by atoms with van der Waals surface area (Å²) in [5, 5.41) is 3.53. The second-order valence-corrected chi connectivity index (χ2v) is 5.20. The average Bonchev–Trinajstić information content (AvgIpc) is 2.96. The Kier molecular flexibility index (Phi) is 3.97. The number of hydrogen-bond acceptors (Lipinski definition) is 3. The van der Waals surface area contributed by atoms with Crippen molar-refractivity contribution in [3.05, 3.63) is 54.5 Å². The lowest BCUT2D eigenvalue weighted by Crippen LogP contribution is -2.21. The van der Waals surface area contributed by atoms with Gasteiger partial charge in [0.05, 0.1) is 11.0 Å². The molecular formula is C17H20N4. The molecular weight excluding hydrogens is 260 g/mol. The fourth-order valence-corrected chi connectivity index (χ4v) is 2.55. The van der Waals surface area contributed by atoms with Crippen molar-refractivity contribution >= 4 is 11.0 Å². The molecule has 4 nitrogen and oxygen atoms in total. The van der Waals surface area contributed by atoms with Gasteiger partial charge in [-0.3, -0.25) is 4.57 Å². The van der Waals surface area contributed by atoms with Crippen LogP contribution in [0.25, 0.3) is 16.9 Å². The van der Waals surface area contributed by atoms with Crippen LogP contribution >= 0.6 is 0 Å². The Morgan fingerprint density at radius 2 is 2.00 bits per heavy atom. The van der Waals surface area contributed by atoms with Crippen molar-refractivity contribution < 1.29 is 0 Å². The third-order valence-corrected chi connectivity index (χ3v) is 3.67. The van der Waals surface area contributed by atoms with E-state index in [1.54, 1.807) is 0 Å². The molecule has 0 radical (unpaired) electrons. The molecule has 3 rings (SSSR count). The first kappa shape index (κ1) is 13.8. The third-order valence-electron chi connectivity index (χ3n) is 3.67. The van der Waals surface area contributed by atoms with Crippen LogP contribution in [-0.2, 0) is 0 Å². The van der Waals surface area contributed by atoms with Gasteiger partial charge in [-0.05, 0) is 38.1 Å². The van der Waals surface area contributed by atoms with Crippen molar-refractivity contribution in [2.24, 2.45) is 0 Å². The van der Waals surface area contributed by atoms with Crippen molar-refractivity contribution in [3.63, 3.8) is 0 Å². The predicted octanol–water partition coefficient (Wildman–Crippen LogP) is 3.48. The Balaban J connectivity index is 2.06. The van der Waals surface area contributed by atoms with Crippen molar-refractivity contribution in [1.29, 1.82) is 0 Å². The van der Waals surface area contributed by atoms with Crippen molar-refractivity contribution in [2.75, 3.05) is 6.54 Å². The van der Waals surface area contributed by atoms with Crippen LogP contribution in [0.3, 0.4) is 0 Å². The lowest BCUT2D eigenvalue weighted by molar-refractivity contribution is 0.567. The van der Waals surface area contributed by atoms with Crippen molar-refractivity contribution in [1.82, 2.24) is 19.9 Å². The van der Waals surface area contributed by atoms with Gasteiger partial charge in [-0.2, -0.15) is 0 Å². The van der Waals surface area contributed by atoms with Crippen LogP contribution < -0.4 is 5.32 Å². The summed E-state index contributed by atoms with van der Waals surface area (Å²) in [5.74, 6) is 0.947. The van der Waals surface area contributed by atoms with Gasteiger partial charge < -0.3 is 5.32 Å². The molecule has 0 aliphatic rings. The van der Waals surface area contributed by atoms with Crippen LogP contribution in [0.5, 0.6) is 0 Å². The molecule has 1 N–H and O–H groups in total. The molecule has 0 amide bonds. The summed E-state index contributed by atoms with van der Waals surface area (Å²) in [6, 6.07) is 12.5. The topological polar surface area (TPSA) is 42.7 Å². The maximum Gasteiger partial charge on any atom is 0.143 e. The van der Waals surface area contributed by atoms with Gasteiger partial charge in [0.15, 0.2) is 0 Å². The van der Waals surface area contributed by atoms with E-state index in [2.05, 4.69) is 45.8 Å². The minimum absolute atomic E-state index is 0.259. The standard InChI is InChI=1S/C17H20N4/c1-3-10-18-13(2)14-7-6-11-19-17(14)21-12-20-15-8-4-5-9-16(15)21/h4-9,11-13,18H,3,10H2,1-2H3. The zero-order valence-corrected chi connectivity index (χ0v) is 12.5. The molecule has 21 heavy (non-hydrogen) atoms. The average molecular weight is 280 g/mol. The van der Waals surface area contributed by atoms with Gasteiger partial charge in [-0.25, -0.2) is 9.97 Å². The van der Waals surface area contributed by atoms with Crippen molar-refractivity contribution in [2.45, 2.75) is 26.3 Å². The monoisotopic (exact) mass is 280 g/mol. The van der Waals surface area contributed by atoms with E-state index in [0.717, 1.165) is 29.8 Å². The van der Waals surface area contributed by atoms with Crippen LogP contribution in [0, 0.1) is 0 Å². The maximum absolute atomic E-state index is 4.58. The number of nitrogens with one attached hydrogen (secondary N) is 1. The molecule has 0 saturated heterocycles. The summed E-state index contributed by atoms with van der Waals surface area (Å²) >= 11 is 0. The fraction of sp³-hybridized carbons (Fsp3) is 0.294. The van der Waals surface area contributed by atoms with E-state index in [0.29, 0.717) is 0 Å². The predicted molar refractivity (Wildman–Crippen MR) is 85.6 cm³/mol. The lowest BCUT2D eigenvalue weighted by atomic mass is 10.1. The summed E-state index contributed by atoms with van der Waals surface area (Å²) in [4.78, 5) is 9.04. The highest BCUT2D eigenvalue weighted by molar-refractivity contribution is 5.77. The number of rotatable bonds is 5. The van der Waals surface area contributed by atoms with Crippen LogP contribution in [-0.4, -0.2) is 21.1 Å². The van der Waals surface area contributed by atoms with Gasteiger partial charge in [-0.1, -0.05) is 25.1 Å². The largest absolute Gasteiger partial charge is 0.310 e. The van der Waals surface area contributed by atoms with E-state index in [9.17, 15) is 0 Å². The molecule has 2 aromatic heterocycles. The first-order valence-corrected chi connectivity index (χ1v) is 7.42. The molecule has 3 aromatic rings. The first-order chi connectivity index (χ1) is 10.3. The molecule has 4 heteroatoms. The third kappa shape index (κ3) is 2.67. The molecule has 0 saturated carbocycles. The van der Waals surface area contributed by atoms with E-state index in [1.165, 1.54) is 5.56 Å². The Hall–Kier alpha value is -2.20. The number of aromatic nitrogens is 3. The van der Waals surface area contributed by atoms with E-state index in [4.69, 9.17) is 0 Å². The summed E-state index contributed by atoms with van der Waals surface area (Å²) in [7, 11) is 0. The molecule has 0 bridgehead atoms. The number of fused-ring (bicyclic) bond motifs is 1. The first-order valence-electron chi connectivity index (χ1n) is 7.42. The molecule has 108 valence electrons. The molecule has 0 aliphatic carbocycles. The zero-order valence-electron chi connectivity index (χ0n) is 12.5. The minimum Gasteiger partial charge on any atom is -0.310 e. The van der Waals surface area contributed by atoms with Gasteiger partial charge in [-0.15, -0.1) is 0 Å². The van der Waals surface area contributed by atoms with E-state index >= 15 is 0 Å². The minimum atomic E-state index is 0.259. The lowest BCUT2D eigenvalue weighted by Gasteiger charge is -2.17. The summed E-state index contributed by atoms with van der Waals surface area (Å²) < 4.78 is 2.06. The maximum atomic E-state index is 4.58. The van der Waals surface area contributed by atoms with Crippen LogP contribution in [0.2, 0.25) is 0 Å². The zero-order chi connectivity index (χ0) is 14.7. The number of benzene rings is 1. The van der Waals surface area contributed by atoms with Crippen molar-refractivity contribution in [3.8, 4) is 5.82 Å². The number of nitrogens with zero attached hydrogens (tertiary/aromatic N) is 3. The quantitative estimate of drug-likeness (QED) is 0.778. The van der Waals surface area contributed by atoms with Gasteiger partial charge in [0.2, 0.25) is 0 Å². The Labute approximate surface area is 124 Å². The normalized spacial score (nSPS) is 12.7. The highest BCUT2D eigenvalue weighted by Gasteiger charge is 2.14. The molecule has 0 fully saturated rings. The second kappa shape index (κ2) is 6.06. The van der Waals surface area contributed by atoms with E-state index in [-0.39, 0.29) is 6.04 Å². The highest BCUT2D eigenvalue weighted by atomic mass is 15.1. The smallest absolute Gasteiger partial charge is 0.143 e. The van der Waals surface area contributed by atoms with Gasteiger partial charge in [0, 0.05) is 17.8 Å². The molecule has 2 heterocycles. The molecule has 0 spiro atoms. The fourth-order valence-electron chi connectivity index (χ4n) is 2.55. The summed E-state index contributed by atoms with van der Waals surface area (Å²) in [6.07, 6.45) is 4.80. The molecule has 1 aromatic carbocycles. The van der Waals surface area contributed by atoms with Crippen LogP contribution in [0.1, 0.15) is 31.9 Å². The van der Waals surface area contributed by atoms with E-state index in [1.807, 2.05) is 36.8 Å². The Morgan fingerprint density at radius 1 is 1.14 bits per heavy atom. The Bertz CT molecular complexity index is 732. The van der Waals surface area contributed by atoms with Crippen LogP contribution in [0.4, 0.5) is 0 Å². The number of hydrogen-bond donors (Lipinski definition) is 1. The van der Waals surface area contributed by atoms with E-state index < -0.39 is 0 Å². The molecule has 1 atom stereocenters. The van der Waals surface area contributed by atoms with Gasteiger partial charge in [0.1, 0.15) is 12.1 Å². The molecule has 0 aliphatic heterocycles. The number of pyridine rings is 1. The SMILES string of the molecule is CCCNC(C)c1cccnc1-n1cnc2ccccc21. The molecule has 1 unspecified atom stereocenters. The Morgan fingerprint density at radius 3 is 2.86 bits per heavy atom. The summed E-state index contributed by atoms with van der Waals surface area (Å²) in [6.45, 7) is 5.35. The summed E-state index contributed by atoms with van der Waals surface area (Å²) in [5.41, 5.74) is 3.26. The van der Waals surface area contributed by atoms with Crippen LogP contribution in [0.15, 0.2) is 48.9 Å². The van der Waals surface area contributed by atoms with Gasteiger partial charge in [0.25, 0.3) is 0 Å². The highest BCUT2D eigenvalue weighted by Crippen LogP contribution is 2.23. The second-order valence-electron chi connectivity index (χ2n) is 5.20.